The highest BCUT2D eigenvalue weighted by Gasteiger charge is 2.35. The van der Waals surface area contributed by atoms with E-state index in [4.69, 9.17) is 11.0 Å². The predicted octanol–water partition coefficient (Wildman–Crippen LogP) is 1.24. The van der Waals surface area contributed by atoms with Gasteiger partial charge in [0.25, 0.3) is 0 Å². The summed E-state index contributed by atoms with van der Waals surface area (Å²) in [6, 6.07) is 0. The molecule has 0 aliphatic rings. The lowest BCUT2D eigenvalue weighted by Crippen LogP contribution is -2.35. The van der Waals surface area contributed by atoms with E-state index in [0.29, 0.717) is 0 Å². The molecule has 0 saturated heterocycles. The van der Waals surface area contributed by atoms with Gasteiger partial charge in [-0.1, -0.05) is 6.85 Å². The van der Waals surface area contributed by atoms with Crippen LogP contribution in [0, 0.1) is 16.0 Å². The number of nitrogens with zero attached hydrogens (tertiary/aromatic N) is 1. The second-order valence-electron chi connectivity index (χ2n) is 2.81. The molecule has 13 heavy (non-hydrogen) atoms. The zero-order chi connectivity index (χ0) is 17.4. The molecule has 5 nitrogen and oxygen atoms in total. The first kappa shape index (κ1) is 3.94. The van der Waals surface area contributed by atoms with Gasteiger partial charge in [-0.25, -0.2) is 0 Å². The highest BCUT2D eigenvalue weighted by atomic mass is 16.6. The molecule has 0 fully saturated rings. The van der Waals surface area contributed by atoms with Crippen molar-refractivity contribution in [1.29, 1.82) is 0 Å². The third kappa shape index (κ3) is 3.40. The quantitative estimate of drug-likeness (QED) is 0.386. The van der Waals surface area contributed by atoms with E-state index in [1.165, 1.54) is 0 Å². The van der Waals surface area contributed by atoms with E-state index in [9.17, 15) is 14.9 Å². The van der Waals surface area contributed by atoms with Crippen molar-refractivity contribution >= 4 is 5.97 Å². The van der Waals surface area contributed by atoms with E-state index in [1.807, 2.05) is 0 Å². The smallest absolute Gasteiger partial charge is 0.308 e. The molecule has 0 aliphatic carbocycles. The van der Waals surface area contributed by atoms with Gasteiger partial charge in [0, 0.05) is 32.0 Å². The van der Waals surface area contributed by atoms with Crippen molar-refractivity contribution in [3.8, 4) is 0 Å². The molecule has 1 atom stereocenters. The van der Waals surface area contributed by atoms with Crippen LogP contribution < -0.4 is 0 Å². The van der Waals surface area contributed by atoms with Crippen molar-refractivity contribution in [3.05, 3.63) is 10.1 Å². The topological polar surface area (TPSA) is 69.4 Å². The number of nitro groups is 1. The molecule has 76 valence electrons. The molecule has 0 aliphatic heterocycles. The van der Waals surface area contributed by atoms with Crippen LogP contribution in [-0.4, -0.2) is 23.5 Å². The van der Waals surface area contributed by atoms with Gasteiger partial charge in [0.05, 0.1) is 17.1 Å². The van der Waals surface area contributed by atoms with Crippen LogP contribution in [0.4, 0.5) is 0 Å². The Labute approximate surface area is 88.5 Å². The second-order valence-corrected chi connectivity index (χ2v) is 2.81. The standard InChI is InChI=1S/C8H15NO4/c1-6(7(10)13-4)5-8(2,3)9(11)12/h6H,5H2,1-4H3/t6-/m0/s1/i1D3,4D3,5D2. The van der Waals surface area contributed by atoms with Gasteiger partial charge in [-0.3, -0.25) is 14.9 Å². The molecule has 0 saturated carbocycles. The summed E-state index contributed by atoms with van der Waals surface area (Å²) in [5.41, 5.74) is -2.46. The Morgan fingerprint density at radius 2 is 2.46 bits per heavy atom. The van der Waals surface area contributed by atoms with E-state index >= 15 is 0 Å². The summed E-state index contributed by atoms with van der Waals surface area (Å²) in [6.07, 6.45) is -3.18. The van der Waals surface area contributed by atoms with Crippen molar-refractivity contribution in [2.75, 3.05) is 7.04 Å². The molecule has 0 aromatic heterocycles. The number of carbonyl (C=O) groups is 1. The number of esters is 1. The SMILES string of the molecule is [2H]C([2H])([2H])OC(=O)[C@@H](C([2H])([2H])[2H])C([2H])([2H])C(C)(C)[N+](=O)[O-]. The predicted molar refractivity (Wildman–Crippen MR) is 46.9 cm³/mol. The molecule has 0 aromatic carbocycles. The van der Waals surface area contributed by atoms with Gasteiger partial charge in [-0.15, -0.1) is 0 Å². The van der Waals surface area contributed by atoms with Gasteiger partial charge in [0.15, 0.2) is 0 Å². The van der Waals surface area contributed by atoms with Gasteiger partial charge < -0.3 is 4.74 Å². The third-order valence-electron chi connectivity index (χ3n) is 1.29. The van der Waals surface area contributed by atoms with Gasteiger partial charge in [-0.05, 0) is 0 Å². The average molecular weight is 197 g/mol. The van der Waals surface area contributed by atoms with Crippen LogP contribution in [0.3, 0.4) is 0 Å². The van der Waals surface area contributed by atoms with Gasteiger partial charge in [0.2, 0.25) is 5.54 Å². The van der Waals surface area contributed by atoms with E-state index in [-0.39, 0.29) is 0 Å². The highest BCUT2D eigenvalue weighted by Crippen LogP contribution is 2.20. The van der Waals surface area contributed by atoms with Crippen LogP contribution in [0.5, 0.6) is 0 Å². The molecule has 5 heteroatoms. The first-order chi connectivity index (χ1) is 8.94. The fourth-order valence-electron chi connectivity index (χ4n) is 0.524. The van der Waals surface area contributed by atoms with Crippen LogP contribution in [0.1, 0.15) is 38.0 Å². The highest BCUT2D eigenvalue weighted by molar-refractivity contribution is 5.71. The van der Waals surface area contributed by atoms with Crippen molar-refractivity contribution < 1.29 is 25.4 Å². The second kappa shape index (κ2) is 4.20. The third-order valence-corrected chi connectivity index (χ3v) is 1.29. The van der Waals surface area contributed by atoms with Crippen molar-refractivity contribution in [1.82, 2.24) is 0 Å². The molecule has 0 rings (SSSR count). The summed E-state index contributed by atoms with van der Waals surface area (Å²) >= 11 is 0. The minimum atomic E-state index is -3.32. The summed E-state index contributed by atoms with van der Waals surface area (Å²) in [7, 11) is -3.28. The lowest BCUT2D eigenvalue weighted by Gasteiger charge is -2.18. The molecular weight excluding hydrogens is 174 g/mol. The summed E-state index contributed by atoms with van der Waals surface area (Å²) in [4.78, 5) is 21.6. The lowest BCUT2D eigenvalue weighted by atomic mass is 9.92. The lowest BCUT2D eigenvalue weighted by molar-refractivity contribution is -0.562. The summed E-state index contributed by atoms with van der Waals surface area (Å²) < 4.78 is 61.1. The Bertz CT molecular complexity index is 427. The number of ether oxygens (including phenoxy) is 1. The van der Waals surface area contributed by atoms with Crippen molar-refractivity contribution in [2.24, 2.45) is 5.92 Å². The summed E-state index contributed by atoms with van der Waals surface area (Å²) in [5.74, 6) is -4.50. The summed E-state index contributed by atoms with van der Waals surface area (Å²) in [5, 5.41) is 10.9. The number of methoxy groups -OCH3 is 1. The van der Waals surface area contributed by atoms with Crippen molar-refractivity contribution in [2.45, 2.75) is 32.6 Å². The van der Waals surface area contributed by atoms with Crippen LogP contribution in [-0.2, 0) is 9.53 Å². The van der Waals surface area contributed by atoms with Crippen LogP contribution >= 0.6 is 0 Å². The normalized spacial score (nSPS) is 25.7. The molecule has 0 spiro atoms. The Balaban J connectivity index is 5.86. The van der Waals surface area contributed by atoms with Gasteiger partial charge in [0.1, 0.15) is 0 Å². The number of carbonyl (C=O) groups excluding carboxylic acids is 1. The molecule has 0 N–H and O–H groups in total. The first-order valence-corrected chi connectivity index (χ1v) is 3.32. The molecule has 0 unspecified atom stereocenters. The minimum absolute atomic E-state index is 0.800. The van der Waals surface area contributed by atoms with E-state index in [0.717, 1.165) is 13.8 Å². The maximum Gasteiger partial charge on any atom is 0.308 e. The molecule has 0 aromatic rings. The Kier molecular flexibility index (Phi) is 1.27. The largest absolute Gasteiger partial charge is 0.469 e. The molecule has 0 bridgehead atoms. The summed E-state index contributed by atoms with van der Waals surface area (Å²) in [6.45, 7) is -1.72. The zero-order valence-electron chi connectivity index (χ0n) is 15.2. The number of hydrogen-bond acceptors (Lipinski definition) is 4. The maximum atomic E-state index is 11.7. The number of hydrogen-bond donors (Lipinski definition) is 0. The Morgan fingerprint density at radius 1 is 1.85 bits per heavy atom. The number of rotatable bonds is 4. The molecule has 0 radical (unpaired) electrons. The fraction of sp³-hybridized carbons (Fsp3) is 0.875. The van der Waals surface area contributed by atoms with Gasteiger partial charge >= 0.3 is 5.97 Å². The minimum Gasteiger partial charge on any atom is -0.469 e. The monoisotopic (exact) mass is 197 g/mol. The van der Waals surface area contributed by atoms with Crippen molar-refractivity contribution in [3.63, 3.8) is 0 Å². The van der Waals surface area contributed by atoms with Crippen LogP contribution in [0.25, 0.3) is 0 Å². The average Bonchev–Trinajstić information content (AvgIpc) is 2.09. The fourth-order valence-corrected chi connectivity index (χ4v) is 0.524. The molecular formula is C8H15NO4. The maximum absolute atomic E-state index is 11.7. The molecule has 0 amide bonds. The Morgan fingerprint density at radius 3 is 2.85 bits per heavy atom. The van der Waals surface area contributed by atoms with E-state index < -0.39 is 42.6 Å². The first-order valence-electron chi connectivity index (χ1n) is 7.32. The van der Waals surface area contributed by atoms with E-state index in [1.54, 1.807) is 0 Å². The van der Waals surface area contributed by atoms with Crippen LogP contribution in [0.2, 0.25) is 0 Å². The van der Waals surface area contributed by atoms with Gasteiger partial charge in [-0.2, -0.15) is 0 Å². The van der Waals surface area contributed by atoms with E-state index in [2.05, 4.69) is 4.74 Å². The molecule has 0 heterocycles. The van der Waals surface area contributed by atoms with Crippen LogP contribution in [0.15, 0.2) is 0 Å². The zero-order valence-corrected chi connectivity index (χ0v) is 7.16. The Hall–Kier alpha value is -1.13.